The van der Waals surface area contributed by atoms with E-state index < -0.39 is 5.97 Å². The first-order valence-corrected chi connectivity index (χ1v) is 7.02. The van der Waals surface area contributed by atoms with Crippen molar-refractivity contribution in [2.75, 3.05) is 5.73 Å². The van der Waals surface area contributed by atoms with Crippen molar-refractivity contribution >= 4 is 11.7 Å². The van der Waals surface area contributed by atoms with E-state index in [2.05, 4.69) is 12.1 Å². The maximum atomic E-state index is 11.0. The van der Waals surface area contributed by atoms with Crippen molar-refractivity contribution in [3.8, 4) is 5.75 Å². The summed E-state index contributed by atoms with van der Waals surface area (Å²) in [6, 6.07) is 13.0. The molecular formula is C17H17NO3. The third-order valence-corrected chi connectivity index (χ3v) is 3.85. The number of carboxylic acids is 1. The SMILES string of the molecule is Nc1cc(OC2CCCc3ccccc32)ccc1C(=O)O. The molecule has 21 heavy (non-hydrogen) atoms. The van der Waals surface area contributed by atoms with Crippen LogP contribution in [0.2, 0.25) is 0 Å². The van der Waals surface area contributed by atoms with Gasteiger partial charge in [-0.25, -0.2) is 4.79 Å². The smallest absolute Gasteiger partial charge is 0.337 e. The van der Waals surface area contributed by atoms with Crippen LogP contribution in [-0.4, -0.2) is 11.1 Å². The highest BCUT2D eigenvalue weighted by molar-refractivity contribution is 5.93. The van der Waals surface area contributed by atoms with E-state index in [1.807, 2.05) is 12.1 Å². The lowest BCUT2D eigenvalue weighted by Crippen LogP contribution is -2.15. The molecule has 0 radical (unpaired) electrons. The van der Waals surface area contributed by atoms with Gasteiger partial charge in [0.2, 0.25) is 0 Å². The number of fused-ring (bicyclic) bond motifs is 1. The van der Waals surface area contributed by atoms with Crippen molar-refractivity contribution in [1.29, 1.82) is 0 Å². The van der Waals surface area contributed by atoms with Crippen molar-refractivity contribution in [2.24, 2.45) is 0 Å². The molecule has 1 atom stereocenters. The Morgan fingerprint density at radius 3 is 2.81 bits per heavy atom. The fourth-order valence-electron chi connectivity index (χ4n) is 2.80. The van der Waals surface area contributed by atoms with Crippen LogP contribution in [0.5, 0.6) is 5.75 Å². The number of aryl methyl sites for hydroxylation is 1. The van der Waals surface area contributed by atoms with Gasteiger partial charge in [0.25, 0.3) is 0 Å². The summed E-state index contributed by atoms with van der Waals surface area (Å²) in [5.74, 6) is -0.415. The van der Waals surface area contributed by atoms with Gasteiger partial charge in [-0.1, -0.05) is 24.3 Å². The Kier molecular flexibility index (Phi) is 3.52. The van der Waals surface area contributed by atoms with Gasteiger partial charge in [-0.15, -0.1) is 0 Å². The minimum Gasteiger partial charge on any atom is -0.486 e. The van der Waals surface area contributed by atoms with E-state index in [0.717, 1.165) is 19.3 Å². The Morgan fingerprint density at radius 1 is 1.24 bits per heavy atom. The number of benzene rings is 2. The van der Waals surface area contributed by atoms with Crippen LogP contribution in [0.15, 0.2) is 42.5 Å². The molecule has 0 saturated heterocycles. The molecule has 1 unspecified atom stereocenters. The number of carboxylic acid groups (broad SMARTS) is 1. The zero-order valence-corrected chi connectivity index (χ0v) is 11.6. The van der Waals surface area contributed by atoms with Crippen molar-refractivity contribution in [3.05, 3.63) is 59.2 Å². The molecule has 0 amide bonds. The van der Waals surface area contributed by atoms with Crippen LogP contribution < -0.4 is 10.5 Å². The highest BCUT2D eigenvalue weighted by Crippen LogP contribution is 2.34. The summed E-state index contributed by atoms with van der Waals surface area (Å²) >= 11 is 0. The molecule has 2 aromatic carbocycles. The van der Waals surface area contributed by atoms with E-state index in [4.69, 9.17) is 15.6 Å². The fourth-order valence-corrected chi connectivity index (χ4v) is 2.80. The second-order valence-corrected chi connectivity index (χ2v) is 5.25. The fraction of sp³-hybridized carbons (Fsp3) is 0.235. The zero-order chi connectivity index (χ0) is 14.8. The minimum atomic E-state index is -1.03. The molecule has 0 bridgehead atoms. The zero-order valence-electron chi connectivity index (χ0n) is 11.6. The number of aromatic carboxylic acids is 1. The standard InChI is InChI=1S/C17H17NO3/c18-15-10-12(8-9-14(15)17(19)20)21-16-7-3-5-11-4-1-2-6-13(11)16/h1-2,4,6,8-10,16H,3,5,7,18H2,(H,19,20). The molecule has 2 aromatic rings. The topological polar surface area (TPSA) is 72.5 Å². The van der Waals surface area contributed by atoms with Crippen LogP contribution in [0.25, 0.3) is 0 Å². The largest absolute Gasteiger partial charge is 0.486 e. The molecule has 0 heterocycles. The van der Waals surface area contributed by atoms with E-state index in [-0.39, 0.29) is 17.4 Å². The van der Waals surface area contributed by atoms with Gasteiger partial charge >= 0.3 is 5.97 Å². The lowest BCUT2D eigenvalue weighted by molar-refractivity contribution is 0.0698. The third-order valence-electron chi connectivity index (χ3n) is 3.85. The molecule has 0 aliphatic heterocycles. The first-order valence-electron chi connectivity index (χ1n) is 7.02. The second kappa shape index (κ2) is 5.48. The molecule has 3 rings (SSSR count). The molecule has 1 aliphatic rings. The number of carbonyl (C=O) groups is 1. The molecule has 4 heteroatoms. The van der Waals surface area contributed by atoms with E-state index in [9.17, 15) is 4.79 Å². The molecule has 0 aromatic heterocycles. The van der Waals surface area contributed by atoms with E-state index in [1.165, 1.54) is 17.2 Å². The first-order chi connectivity index (χ1) is 10.1. The Bertz CT molecular complexity index is 681. The van der Waals surface area contributed by atoms with Gasteiger partial charge < -0.3 is 15.6 Å². The van der Waals surface area contributed by atoms with E-state index in [1.54, 1.807) is 12.1 Å². The molecule has 3 N–H and O–H groups in total. The summed E-state index contributed by atoms with van der Waals surface area (Å²) in [5, 5.41) is 8.99. The normalized spacial score (nSPS) is 17.0. The number of ether oxygens (including phenoxy) is 1. The summed E-state index contributed by atoms with van der Waals surface area (Å²) in [6.45, 7) is 0. The molecule has 0 fully saturated rings. The number of anilines is 1. The molecule has 0 saturated carbocycles. The predicted octanol–water partition coefficient (Wildman–Crippen LogP) is 3.42. The van der Waals surface area contributed by atoms with Crippen molar-refractivity contribution < 1.29 is 14.6 Å². The Hall–Kier alpha value is -2.49. The summed E-state index contributed by atoms with van der Waals surface area (Å²) in [7, 11) is 0. The van der Waals surface area contributed by atoms with Crippen LogP contribution in [0.1, 0.15) is 40.4 Å². The number of nitrogen functional groups attached to an aromatic ring is 1. The van der Waals surface area contributed by atoms with Gasteiger partial charge in [0.1, 0.15) is 11.9 Å². The monoisotopic (exact) mass is 283 g/mol. The van der Waals surface area contributed by atoms with Crippen molar-refractivity contribution in [2.45, 2.75) is 25.4 Å². The first kappa shape index (κ1) is 13.5. The second-order valence-electron chi connectivity index (χ2n) is 5.25. The maximum absolute atomic E-state index is 11.0. The molecule has 108 valence electrons. The molecule has 0 spiro atoms. The van der Waals surface area contributed by atoms with Gasteiger partial charge in [-0.2, -0.15) is 0 Å². The van der Waals surface area contributed by atoms with Gasteiger partial charge in [0.15, 0.2) is 0 Å². The summed E-state index contributed by atoms with van der Waals surface area (Å²) in [6.07, 6.45) is 3.13. The molecule has 1 aliphatic carbocycles. The van der Waals surface area contributed by atoms with Crippen LogP contribution in [0, 0.1) is 0 Å². The summed E-state index contributed by atoms with van der Waals surface area (Å²) in [4.78, 5) is 11.0. The Morgan fingerprint density at radius 2 is 2.05 bits per heavy atom. The average molecular weight is 283 g/mol. The predicted molar refractivity (Wildman–Crippen MR) is 80.6 cm³/mol. The molecular weight excluding hydrogens is 266 g/mol. The van der Waals surface area contributed by atoms with E-state index >= 15 is 0 Å². The van der Waals surface area contributed by atoms with Gasteiger partial charge in [-0.05, 0) is 42.5 Å². The van der Waals surface area contributed by atoms with Gasteiger partial charge in [-0.3, -0.25) is 0 Å². The Labute approximate surface area is 123 Å². The average Bonchev–Trinajstić information content (AvgIpc) is 2.47. The third kappa shape index (κ3) is 2.70. The van der Waals surface area contributed by atoms with Crippen LogP contribution in [0.3, 0.4) is 0 Å². The van der Waals surface area contributed by atoms with Crippen LogP contribution >= 0.6 is 0 Å². The summed E-state index contributed by atoms with van der Waals surface area (Å²) in [5.41, 5.74) is 8.63. The van der Waals surface area contributed by atoms with E-state index in [0.29, 0.717) is 5.75 Å². The minimum absolute atomic E-state index is 0.00466. The Balaban J connectivity index is 1.85. The lowest BCUT2D eigenvalue weighted by Gasteiger charge is -2.26. The number of hydrogen-bond donors (Lipinski definition) is 2. The number of nitrogens with two attached hydrogens (primary N) is 1. The molecule has 4 nitrogen and oxygen atoms in total. The van der Waals surface area contributed by atoms with Crippen molar-refractivity contribution in [3.63, 3.8) is 0 Å². The number of rotatable bonds is 3. The number of hydrogen-bond acceptors (Lipinski definition) is 3. The highest BCUT2D eigenvalue weighted by Gasteiger charge is 2.21. The highest BCUT2D eigenvalue weighted by atomic mass is 16.5. The van der Waals surface area contributed by atoms with Crippen molar-refractivity contribution in [1.82, 2.24) is 0 Å². The summed E-state index contributed by atoms with van der Waals surface area (Å²) < 4.78 is 6.02. The maximum Gasteiger partial charge on any atom is 0.337 e. The van der Waals surface area contributed by atoms with Gasteiger partial charge in [0, 0.05) is 11.8 Å². The lowest BCUT2D eigenvalue weighted by atomic mass is 9.89. The van der Waals surface area contributed by atoms with Crippen LogP contribution in [0.4, 0.5) is 5.69 Å². The quantitative estimate of drug-likeness (QED) is 0.846. The van der Waals surface area contributed by atoms with Gasteiger partial charge in [0.05, 0.1) is 5.56 Å². The van der Waals surface area contributed by atoms with Crippen LogP contribution in [-0.2, 0) is 6.42 Å².